The Morgan fingerprint density at radius 3 is 2.78 bits per heavy atom. The Labute approximate surface area is 139 Å². The van der Waals surface area contributed by atoms with Gasteiger partial charge in [0.05, 0.1) is 15.9 Å². The molecule has 0 radical (unpaired) electrons. The lowest BCUT2D eigenvalue weighted by Gasteiger charge is -2.09. The molecule has 0 unspecified atom stereocenters. The molecule has 0 fully saturated rings. The minimum absolute atomic E-state index is 0.0650. The van der Waals surface area contributed by atoms with Gasteiger partial charge in [-0.15, -0.1) is 11.3 Å². The van der Waals surface area contributed by atoms with E-state index < -0.39 is 0 Å². The van der Waals surface area contributed by atoms with E-state index in [-0.39, 0.29) is 5.91 Å². The average molecular weight is 325 g/mol. The molecule has 0 saturated heterocycles. The molecule has 0 saturated carbocycles. The Morgan fingerprint density at radius 2 is 2.00 bits per heavy atom. The quantitative estimate of drug-likeness (QED) is 0.694. The zero-order chi connectivity index (χ0) is 16.1. The lowest BCUT2D eigenvalue weighted by molar-refractivity contribution is -0.116. The molecule has 4 nitrogen and oxygen atoms in total. The molecule has 0 spiro atoms. The SMILES string of the molecule is CCCC(=O)Nc1ccc(CNc2ccnc3ccsc23)cc1. The highest BCUT2D eigenvalue weighted by Crippen LogP contribution is 2.27. The predicted molar refractivity (Wildman–Crippen MR) is 96.9 cm³/mol. The van der Waals surface area contributed by atoms with Crippen molar-refractivity contribution in [2.45, 2.75) is 26.3 Å². The monoisotopic (exact) mass is 325 g/mol. The second-order valence-electron chi connectivity index (χ2n) is 5.34. The molecule has 2 heterocycles. The highest BCUT2D eigenvalue weighted by Gasteiger charge is 2.04. The molecule has 0 aliphatic carbocycles. The molecule has 0 atom stereocenters. The summed E-state index contributed by atoms with van der Waals surface area (Å²) in [5.74, 6) is 0.0650. The Hall–Kier alpha value is -2.40. The number of aromatic nitrogens is 1. The van der Waals surface area contributed by atoms with Crippen LogP contribution in [0.4, 0.5) is 11.4 Å². The average Bonchev–Trinajstić information content (AvgIpc) is 3.03. The summed E-state index contributed by atoms with van der Waals surface area (Å²) in [6.07, 6.45) is 3.24. The van der Waals surface area contributed by atoms with E-state index in [9.17, 15) is 4.79 Å². The van der Waals surface area contributed by atoms with Gasteiger partial charge in [-0.2, -0.15) is 0 Å². The molecule has 118 valence electrons. The van der Waals surface area contributed by atoms with Crippen molar-refractivity contribution in [3.63, 3.8) is 0 Å². The summed E-state index contributed by atoms with van der Waals surface area (Å²) in [6.45, 7) is 2.73. The number of hydrogen-bond acceptors (Lipinski definition) is 4. The van der Waals surface area contributed by atoms with E-state index in [4.69, 9.17) is 0 Å². The molecule has 23 heavy (non-hydrogen) atoms. The smallest absolute Gasteiger partial charge is 0.224 e. The van der Waals surface area contributed by atoms with Crippen molar-refractivity contribution in [3.05, 3.63) is 53.5 Å². The van der Waals surface area contributed by atoms with Crippen molar-refractivity contribution < 1.29 is 4.79 Å². The molecule has 2 N–H and O–H groups in total. The van der Waals surface area contributed by atoms with Gasteiger partial charge in [0.25, 0.3) is 0 Å². The first-order valence-electron chi connectivity index (χ1n) is 7.71. The lowest BCUT2D eigenvalue weighted by atomic mass is 10.2. The lowest BCUT2D eigenvalue weighted by Crippen LogP contribution is -2.10. The van der Waals surface area contributed by atoms with Crippen molar-refractivity contribution >= 4 is 38.8 Å². The van der Waals surface area contributed by atoms with Crippen LogP contribution in [0.3, 0.4) is 0 Å². The molecular weight excluding hydrogens is 306 g/mol. The summed E-state index contributed by atoms with van der Waals surface area (Å²) < 4.78 is 1.18. The summed E-state index contributed by atoms with van der Waals surface area (Å²) in [5, 5.41) is 8.40. The number of anilines is 2. The number of carbonyl (C=O) groups is 1. The van der Waals surface area contributed by atoms with Gasteiger partial charge in [0.2, 0.25) is 5.91 Å². The van der Waals surface area contributed by atoms with Crippen LogP contribution in [0.1, 0.15) is 25.3 Å². The number of rotatable bonds is 6. The maximum atomic E-state index is 11.6. The standard InChI is InChI=1S/C18H19N3OS/c1-2-3-17(22)21-14-6-4-13(5-7-14)12-20-15-8-10-19-16-9-11-23-18(15)16/h4-11H,2-3,12H2,1H3,(H,19,20)(H,21,22). The van der Waals surface area contributed by atoms with Gasteiger partial charge in [-0.3, -0.25) is 9.78 Å². The van der Waals surface area contributed by atoms with Gasteiger partial charge in [0.1, 0.15) is 0 Å². The molecule has 3 aromatic rings. The first-order valence-corrected chi connectivity index (χ1v) is 8.59. The summed E-state index contributed by atoms with van der Waals surface area (Å²) in [4.78, 5) is 15.9. The molecule has 1 amide bonds. The fourth-order valence-corrected chi connectivity index (χ4v) is 3.21. The third kappa shape index (κ3) is 3.87. The maximum Gasteiger partial charge on any atom is 0.224 e. The maximum absolute atomic E-state index is 11.6. The second-order valence-corrected chi connectivity index (χ2v) is 6.26. The van der Waals surface area contributed by atoms with Gasteiger partial charge in [0.15, 0.2) is 0 Å². The molecule has 0 aliphatic rings. The van der Waals surface area contributed by atoms with Crippen LogP contribution in [-0.2, 0) is 11.3 Å². The normalized spacial score (nSPS) is 10.7. The third-order valence-electron chi connectivity index (χ3n) is 3.54. The number of amides is 1. The number of carbonyl (C=O) groups excluding carboxylic acids is 1. The number of thiophene rings is 1. The van der Waals surface area contributed by atoms with E-state index in [1.54, 1.807) is 11.3 Å². The predicted octanol–water partition coefficient (Wildman–Crippen LogP) is 4.65. The van der Waals surface area contributed by atoms with E-state index in [2.05, 4.69) is 21.0 Å². The van der Waals surface area contributed by atoms with Gasteiger partial charge in [-0.1, -0.05) is 19.1 Å². The van der Waals surface area contributed by atoms with Crippen molar-refractivity contribution in [3.8, 4) is 0 Å². The van der Waals surface area contributed by atoms with Gasteiger partial charge in [-0.25, -0.2) is 0 Å². The topological polar surface area (TPSA) is 54.0 Å². The van der Waals surface area contributed by atoms with Crippen molar-refractivity contribution in [2.24, 2.45) is 0 Å². The molecule has 5 heteroatoms. The van der Waals surface area contributed by atoms with Crippen LogP contribution < -0.4 is 10.6 Å². The zero-order valence-corrected chi connectivity index (χ0v) is 13.8. The number of nitrogens with one attached hydrogen (secondary N) is 2. The molecule has 3 rings (SSSR count). The highest BCUT2D eigenvalue weighted by atomic mass is 32.1. The molecule has 0 aliphatic heterocycles. The number of pyridine rings is 1. The fourth-order valence-electron chi connectivity index (χ4n) is 2.37. The Morgan fingerprint density at radius 1 is 1.17 bits per heavy atom. The number of fused-ring (bicyclic) bond motifs is 1. The molecule has 2 aromatic heterocycles. The highest BCUT2D eigenvalue weighted by molar-refractivity contribution is 7.17. The van der Waals surface area contributed by atoms with Crippen LogP contribution in [0.25, 0.3) is 10.2 Å². The van der Waals surface area contributed by atoms with Crippen molar-refractivity contribution in [1.29, 1.82) is 0 Å². The minimum Gasteiger partial charge on any atom is -0.380 e. The van der Waals surface area contributed by atoms with Crippen LogP contribution in [0.15, 0.2) is 48.0 Å². The van der Waals surface area contributed by atoms with Gasteiger partial charge >= 0.3 is 0 Å². The first kappa shape index (κ1) is 15.5. The summed E-state index contributed by atoms with van der Waals surface area (Å²) >= 11 is 1.69. The molecule has 0 bridgehead atoms. The first-order chi connectivity index (χ1) is 11.3. The third-order valence-corrected chi connectivity index (χ3v) is 4.48. The number of benzene rings is 1. The molecule has 1 aromatic carbocycles. The summed E-state index contributed by atoms with van der Waals surface area (Å²) in [5.41, 5.74) is 4.14. The van der Waals surface area contributed by atoms with Crippen molar-refractivity contribution in [2.75, 3.05) is 10.6 Å². The molecular formula is C18H19N3OS. The largest absolute Gasteiger partial charge is 0.380 e. The van der Waals surface area contributed by atoms with E-state index >= 15 is 0 Å². The minimum atomic E-state index is 0.0650. The van der Waals surface area contributed by atoms with Crippen LogP contribution in [-0.4, -0.2) is 10.9 Å². The Balaban J connectivity index is 1.62. The van der Waals surface area contributed by atoms with Crippen molar-refractivity contribution in [1.82, 2.24) is 4.98 Å². The summed E-state index contributed by atoms with van der Waals surface area (Å²) in [6, 6.07) is 12.0. The van der Waals surface area contributed by atoms with E-state index in [0.717, 1.165) is 29.9 Å². The van der Waals surface area contributed by atoms with Crippen LogP contribution >= 0.6 is 11.3 Å². The van der Waals surface area contributed by atoms with Gasteiger partial charge in [0, 0.05) is 24.8 Å². The van der Waals surface area contributed by atoms with Gasteiger partial charge in [-0.05, 0) is 41.6 Å². The summed E-state index contributed by atoms with van der Waals surface area (Å²) in [7, 11) is 0. The van der Waals surface area contributed by atoms with Crippen LogP contribution in [0.5, 0.6) is 0 Å². The number of nitrogens with zero attached hydrogens (tertiary/aromatic N) is 1. The zero-order valence-electron chi connectivity index (χ0n) is 13.0. The Bertz CT molecular complexity index is 795. The van der Waals surface area contributed by atoms with Crippen LogP contribution in [0, 0.1) is 0 Å². The van der Waals surface area contributed by atoms with Crippen LogP contribution in [0.2, 0.25) is 0 Å². The van der Waals surface area contributed by atoms with E-state index in [1.165, 1.54) is 10.3 Å². The van der Waals surface area contributed by atoms with E-state index in [0.29, 0.717) is 6.42 Å². The van der Waals surface area contributed by atoms with Gasteiger partial charge < -0.3 is 10.6 Å². The van der Waals surface area contributed by atoms with E-state index in [1.807, 2.05) is 49.5 Å². The number of hydrogen-bond donors (Lipinski definition) is 2. The Kier molecular flexibility index (Phi) is 4.88. The second kappa shape index (κ2) is 7.24. The fraction of sp³-hybridized carbons (Fsp3) is 0.222.